The third kappa shape index (κ3) is 1.90. The highest BCUT2D eigenvalue weighted by Crippen LogP contribution is 2.08. The van der Waals surface area contributed by atoms with Gasteiger partial charge < -0.3 is 0 Å². The highest BCUT2D eigenvalue weighted by atomic mass is 16.2. The van der Waals surface area contributed by atoms with Gasteiger partial charge in [0.25, 0.3) is 11.5 Å². The number of rotatable bonds is 2. The van der Waals surface area contributed by atoms with Gasteiger partial charge >= 0.3 is 0 Å². The highest BCUT2D eigenvalue weighted by molar-refractivity contribution is 5.82. The van der Waals surface area contributed by atoms with Crippen LogP contribution in [-0.4, -0.2) is 15.7 Å². The molecule has 1 aromatic heterocycles. The number of nitrogens with two attached hydrogens (primary N) is 1. The van der Waals surface area contributed by atoms with Crippen molar-refractivity contribution in [1.29, 1.82) is 0 Å². The number of hydrazine groups is 1. The predicted octanol–water partition coefficient (Wildman–Crippen LogP) is -0.0526. The number of benzene rings is 1. The molecular weight excluding hydrogens is 220 g/mol. The van der Waals surface area contributed by atoms with Gasteiger partial charge in [0.15, 0.2) is 0 Å². The number of hydrogen-bond donors (Lipinski definition) is 2. The first-order valence-electron chi connectivity index (χ1n) is 5.12. The van der Waals surface area contributed by atoms with Gasteiger partial charge in [-0.15, -0.1) is 0 Å². The molecule has 1 aromatic carbocycles. The van der Waals surface area contributed by atoms with Gasteiger partial charge in [-0.2, -0.15) is 5.10 Å². The van der Waals surface area contributed by atoms with Gasteiger partial charge in [-0.1, -0.05) is 18.2 Å². The minimum atomic E-state index is -0.739. The molecule has 0 saturated heterocycles. The molecule has 0 aliphatic rings. The molecule has 0 aliphatic carbocycles. The van der Waals surface area contributed by atoms with Crippen LogP contribution in [0.15, 0.2) is 35.3 Å². The summed E-state index contributed by atoms with van der Waals surface area (Å²) in [6, 6.07) is 6.34. The van der Waals surface area contributed by atoms with Crippen molar-refractivity contribution in [2.75, 3.05) is 0 Å². The quantitative estimate of drug-likeness (QED) is 0.431. The zero-order valence-corrected chi connectivity index (χ0v) is 9.25. The topological polar surface area (TPSA) is 90.0 Å². The molecule has 0 radical (unpaired) electrons. The molecule has 1 amide bonds. The smallest absolute Gasteiger partial charge is 0.275 e. The number of amides is 1. The fraction of sp³-hybridized carbons (Fsp3) is 0.182. The van der Waals surface area contributed by atoms with Gasteiger partial charge in [0.1, 0.15) is 6.04 Å². The number of carbonyl (C=O) groups excluding carboxylic acids is 1. The molecule has 0 bridgehead atoms. The number of fused-ring (bicyclic) bond motifs is 1. The highest BCUT2D eigenvalue weighted by Gasteiger charge is 2.16. The van der Waals surface area contributed by atoms with Crippen LogP contribution < -0.4 is 16.8 Å². The van der Waals surface area contributed by atoms with Crippen molar-refractivity contribution >= 4 is 16.7 Å². The summed E-state index contributed by atoms with van der Waals surface area (Å²) >= 11 is 0. The maximum atomic E-state index is 12.1. The number of nitrogens with one attached hydrogen (secondary N) is 1. The molecule has 0 unspecified atom stereocenters. The van der Waals surface area contributed by atoms with E-state index in [1.54, 1.807) is 31.3 Å². The van der Waals surface area contributed by atoms with Gasteiger partial charge in [0.05, 0.1) is 11.6 Å². The molecule has 1 atom stereocenters. The first kappa shape index (κ1) is 11.3. The lowest BCUT2D eigenvalue weighted by molar-refractivity contribution is -0.124. The first-order chi connectivity index (χ1) is 8.15. The Morgan fingerprint density at radius 3 is 2.88 bits per heavy atom. The lowest BCUT2D eigenvalue weighted by Crippen LogP contribution is -2.40. The lowest BCUT2D eigenvalue weighted by atomic mass is 10.2. The van der Waals surface area contributed by atoms with Crippen molar-refractivity contribution in [3.05, 3.63) is 40.8 Å². The van der Waals surface area contributed by atoms with Gasteiger partial charge in [-0.25, -0.2) is 10.5 Å². The van der Waals surface area contributed by atoms with Crippen LogP contribution in [0.4, 0.5) is 0 Å². The van der Waals surface area contributed by atoms with Crippen molar-refractivity contribution in [1.82, 2.24) is 15.2 Å². The Morgan fingerprint density at radius 2 is 2.18 bits per heavy atom. The number of carbonyl (C=O) groups is 1. The summed E-state index contributed by atoms with van der Waals surface area (Å²) < 4.78 is 1.12. The van der Waals surface area contributed by atoms with Crippen LogP contribution in [0, 0.1) is 0 Å². The molecular formula is C11H12N4O2. The second-order valence-electron chi connectivity index (χ2n) is 3.67. The average Bonchev–Trinajstić information content (AvgIpc) is 2.38. The van der Waals surface area contributed by atoms with Crippen molar-refractivity contribution in [2.45, 2.75) is 13.0 Å². The Labute approximate surface area is 97.0 Å². The standard InChI is InChI=1S/C11H12N4O2/c1-7(10(16)14-12)15-11(17)9-5-3-2-4-8(9)6-13-15/h2-7H,12H2,1H3,(H,14,16)/t7-/m1/s1. The molecule has 2 rings (SSSR count). The van der Waals surface area contributed by atoms with E-state index in [2.05, 4.69) is 5.10 Å². The van der Waals surface area contributed by atoms with E-state index in [4.69, 9.17) is 5.84 Å². The van der Waals surface area contributed by atoms with E-state index in [1.165, 1.54) is 0 Å². The fourth-order valence-corrected chi connectivity index (χ4v) is 1.61. The van der Waals surface area contributed by atoms with Crippen LogP contribution in [0.2, 0.25) is 0 Å². The summed E-state index contributed by atoms with van der Waals surface area (Å²) in [5.74, 6) is 4.57. The van der Waals surface area contributed by atoms with Crippen LogP contribution in [0.25, 0.3) is 10.8 Å². The van der Waals surface area contributed by atoms with E-state index in [-0.39, 0.29) is 5.56 Å². The third-order valence-electron chi connectivity index (χ3n) is 2.61. The summed E-state index contributed by atoms with van der Waals surface area (Å²) in [7, 11) is 0. The van der Waals surface area contributed by atoms with Crippen molar-refractivity contribution in [2.24, 2.45) is 5.84 Å². The molecule has 88 valence electrons. The Morgan fingerprint density at radius 1 is 1.47 bits per heavy atom. The Balaban J connectivity index is 2.61. The monoisotopic (exact) mass is 232 g/mol. The minimum absolute atomic E-state index is 0.306. The SMILES string of the molecule is C[C@H](C(=O)NN)n1ncc2ccccc2c1=O. The van der Waals surface area contributed by atoms with Crippen LogP contribution >= 0.6 is 0 Å². The maximum Gasteiger partial charge on any atom is 0.275 e. The second kappa shape index (κ2) is 4.34. The average molecular weight is 232 g/mol. The third-order valence-corrected chi connectivity index (χ3v) is 2.61. The summed E-state index contributed by atoms with van der Waals surface area (Å²) in [6.45, 7) is 1.56. The zero-order valence-electron chi connectivity index (χ0n) is 9.25. The van der Waals surface area contributed by atoms with Crippen LogP contribution in [-0.2, 0) is 4.79 Å². The molecule has 1 heterocycles. The molecule has 0 spiro atoms. The summed E-state index contributed by atoms with van der Waals surface area (Å²) in [6.07, 6.45) is 1.55. The lowest BCUT2D eigenvalue weighted by Gasteiger charge is -2.12. The van der Waals surface area contributed by atoms with Crippen LogP contribution in [0.1, 0.15) is 13.0 Å². The van der Waals surface area contributed by atoms with Gasteiger partial charge in [-0.3, -0.25) is 15.0 Å². The number of nitrogens with zero attached hydrogens (tertiary/aromatic N) is 2. The Bertz CT molecular complexity index is 620. The molecule has 6 nitrogen and oxygen atoms in total. The number of hydrogen-bond acceptors (Lipinski definition) is 4. The van der Waals surface area contributed by atoms with E-state index in [1.807, 2.05) is 11.5 Å². The van der Waals surface area contributed by atoms with Gasteiger partial charge in [-0.05, 0) is 13.0 Å². The Hall–Kier alpha value is -2.21. The van der Waals surface area contributed by atoms with E-state index in [0.29, 0.717) is 5.39 Å². The maximum absolute atomic E-state index is 12.1. The van der Waals surface area contributed by atoms with Crippen molar-refractivity contribution in [3.8, 4) is 0 Å². The molecule has 2 aromatic rings. The van der Waals surface area contributed by atoms with Crippen LogP contribution in [0.3, 0.4) is 0 Å². The second-order valence-corrected chi connectivity index (χ2v) is 3.67. The molecule has 0 fully saturated rings. The summed E-state index contributed by atoms with van der Waals surface area (Å²) in [4.78, 5) is 23.4. The first-order valence-corrected chi connectivity index (χ1v) is 5.12. The molecule has 17 heavy (non-hydrogen) atoms. The predicted molar refractivity (Wildman–Crippen MR) is 63.0 cm³/mol. The minimum Gasteiger partial charge on any atom is -0.292 e. The zero-order chi connectivity index (χ0) is 12.4. The Kier molecular flexibility index (Phi) is 2.88. The van der Waals surface area contributed by atoms with Crippen LogP contribution in [0.5, 0.6) is 0 Å². The van der Waals surface area contributed by atoms with Crippen molar-refractivity contribution in [3.63, 3.8) is 0 Å². The summed E-state index contributed by atoms with van der Waals surface area (Å²) in [5.41, 5.74) is 1.69. The van der Waals surface area contributed by atoms with E-state index in [9.17, 15) is 9.59 Å². The number of aromatic nitrogens is 2. The van der Waals surface area contributed by atoms with Gasteiger partial charge in [0.2, 0.25) is 0 Å². The molecule has 6 heteroatoms. The van der Waals surface area contributed by atoms with E-state index >= 15 is 0 Å². The molecule has 3 N–H and O–H groups in total. The molecule has 0 saturated carbocycles. The fourth-order valence-electron chi connectivity index (χ4n) is 1.61. The van der Waals surface area contributed by atoms with E-state index < -0.39 is 11.9 Å². The molecule has 0 aliphatic heterocycles. The van der Waals surface area contributed by atoms with E-state index in [0.717, 1.165) is 10.1 Å². The largest absolute Gasteiger partial charge is 0.292 e. The summed E-state index contributed by atoms with van der Waals surface area (Å²) in [5, 5.41) is 5.23. The van der Waals surface area contributed by atoms with Gasteiger partial charge in [0, 0.05) is 5.39 Å². The van der Waals surface area contributed by atoms with Crippen molar-refractivity contribution < 1.29 is 4.79 Å². The normalized spacial score (nSPS) is 12.4.